The van der Waals surface area contributed by atoms with Gasteiger partial charge in [0.1, 0.15) is 0 Å². The standard InChI is InChI=1S/C22H24N2O4/c1-15-3-8-20(16(2)13-15)22(26)18-9-11-23(12-10-18)21(25)14-17-4-6-19(7-5-17)24(27)28/h3-8,13,18H,9-12,14H2,1-2H3. The van der Waals surface area contributed by atoms with Crippen LogP contribution >= 0.6 is 0 Å². The Morgan fingerprint density at radius 2 is 1.71 bits per heavy atom. The number of non-ortho nitro benzene ring substituents is 1. The Labute approximate surface area is 164 Å². The zero-order valence-corrected chi connectivity index (χ0v) is 16.2. The van der Waals surface area contributed by atoms with Gasteiger partial charge in [0.25, 0.3) is 5.69 Å². The second-order valence-corrected chi connectivity index (χ2v) is 7.44. The van der Waals surface area contributed by atoms with Crippen molar-refractivity contribution in [2.45, 2.75) is 33.1 Å². The fourth-order valence-corrected chi connectivity index (χ4v) is 3.72. The Morgan fingerprint density at radius 1 is 1.07 bits per heavy atom. The number of ketones is 1. The molecule has 1 saturated heterocycles. The predicted octanol–water partition coefficient (Wildman–Crippen LogP) is 3.88. The van der Waals surface area contributed by atoms with Crippen molar-refractivity contribution in [1.82, 2.24) is 4.90 Å². The first-order valence-electron chi connectivity index (χ1n) is 9.47. The van der Waals surface area contributed by atoms with Gasteiger partial charge in [-0.15, -0.1) is 0 Å². The number of carbonyl (C=O) groups is 2. The number of nitrogens with zero attached hydrogens (tertiary/aromatic N) is 2. The van der Waals surface area contributed by atoms with E-state index in [9.17, 15) is 19.7 Å². The first-order chi connectivity index (χ1) is 13.3. The van der Waals surface area contributed by atoms with E-state index in [1.54, 1.807) is 17.0 Å². The van der Waals surface area contributed by atoms with Crippen molar-refractivity contribution < 1.29 is 14.5 Å². The van der Waals surface area contributed by atoms with Gasteiger partial charge in [0, 0.05) is 36.7 Å². The van der Waals surface area contributed by atoms with Gasteiger partial charge in [-0.25, -0.2) is 0 Å². The number of benzene rings is 2. The normalized spacial score (nSPS) is 14.7. The maximum atomic E-state index is 12.8. The van der Waals surface area contributed by atoms with E-state index in [-0.39, 0.29) is 29.7 Å². The van der Waals surface area contributed by atoms with Crippen molar-refractivity contribution in [1.29, 1.82) is 0 Å². The van der Waals surface area contributed by atoms with Gasteiger partial charge in [-0.2, -0.15) is 0 Å². The van der Waals surface area contributed by atoms with E-state index in [0.29, 0.717) is 25.9 Å². The second kappa shape index (κ2) is 8.33. The molecule has 1 heterocycles. The quantitative estimate of drug-likeness (QED) is 0.448. The monoisotopic (exact) mass is 380 g/mol. The molecule has 6 nitrogen and oxygen atoms in total. The van der Waals surface area contributed by atoms with Crippen LogP contribution in [0.15, 0.2) is 42.5 Å². The van der Waals surface area contributed by atoms with Gasteiger partial charge in [-0.1, -0.05) is 35.9 Å². The lowest BCUT2D eigenvalue weighted by Crippen LogP contribution is -2.41. The molecule has 1 aliphatic rings. The zero-order valence-electron chi connectivity index (χ0n) is 16.2. The van der Waals surface area contributed by atoms with Crippen molar-refractivity contribution in [2.24, 2.45) is 5.92 Å². The van der Waals surface area contributed by atoms with Crippen molar-refractivity contribution >= 4 is 17.4 Å². The first-order valence-corrected chi connectivity index (χ1v) is 9.47. The molecule has 146 valence electrons. The molecule has 2 aromatic rings. The number of Topliss-reactive ketones (excluding diaryl/α,β-unsaturated/α-hetero) is 1. The summed E-state index contributed by atoms with van der Waals surface area (Å²) >= 11 is 0. The molecule has 0 saturated carbocycles. The number of nitro benzene ring substituents is 1. The molecule has 2 aromatic carbocycles. The molecular weight excluding hydrogens is 356 g/mol. The predicted molar refractivity (Wildman–Crippen MR) is 106 cm³/mol. The van der Waals surface area contributed by atoms with Crippen LogP contribution in [0, 0.1) is 29.9 Å². The lowest BCUT2D eigenvalue weighted by atomic mass is 9.87. The number of carbonyl (C=O) groups excluding carboxylic acids is 2. The summed E-state index contributed by atoms with van der Waals surface area (Å²) < 4.78 is 0. The van der Waals surface area contributed by atoms with E-state index in [1.807, 2.05) is 32.0 Å². The van der Waals surface area contributed by atoms with Crippen LogP contribution in [0.5, 0.6) is 0 Å². The van der Waals surface area contributed by atoms with Gasteiger partial charge >= 0.3 is 0 Å². The molecule has 0 N–H and O–H groups in total. The van der Waals surface area contributed by atoms with E-state index < -0.39 is 4.92 Å². The Bertz CT molecular complexity index is 897. The minimum absolute atomic E-state index is 0.00808. The van der Waals surface area contributed by atoms with Crippen LogP contribution in [-0.2, 0) is 11.2 Å². The third-order valence-electron chi connectivity index (χ3n) is 5.37. The molecule has 1 amide bonds. The minimum atomic E-state index is -0.455. The molecule has 0 aromatic heterocycles. The topological polar surface area (TPSA) is 80.5 Å². The maximum Gasteiger partial charge on any atom is 0.269 e. The van der Waals surface area contributed by atoms with E-state index in [0.717, 1.165) is 22.3 Å². The van der Waals surface area contributed by atoms with Gasteiger partial charge in [-0.3, -0.25) is 19.7 Å². The number of likely N-dealkylation sites (tertiary alicyclic amines) is 1. The molecule has 0 spiro atoms. The third kappa shape index (κ3) is 4.44. The summed E-state index contributed by atoms with van der Waals surface area (Å²) in [7, 11) is 0. The highest BCUT2D eigenvalue weighted by atomic mass is 16.6. The third-order valence-corrected chi connectivity index (χ3v) is 5.37. The van der Waals surface area contributed by atoms with Crippen LogP contribution in [0.4, 0.5) is 5.69 Å². The highest BCUT2D eigenvalue weighted by Gasteiger charge is 2.28. The number of rotatable bonds is 5. The number of hydrogen-bond acceptors (Lipinski definition) is 4. The molecule has 0 atom stereocenters. The summed E-state index contributed by atoms with van der Waals surface area (Å²) in [4.78, 5) is 37.4. The smallest absolute Gasteiger partial charge is 0.269 e. The van der Waals surface area contributed by atoms with Crippen LogP contribution in [-0.4, -0.2) is 34.6 Å². The van der Waals surface area contributed by atoms with Gasteiger partial charge in [0.2, 0.25) is 5.91 Å². The molecule has 0 aliphatic carbocycles. The van der Waals surface area contributed by atoms with E-state index in [2.05, 4.69) is 0 Å². The van der Waals surface area contributed by atoms with Gasteiger partial charge in [0.05, 0.1) is 11.3 Å². The average Bonchev–Trinajstić information content (AvgIpc) is 2.68. The average molecular weight is 380 g/mol. The van der Waals surface area contributed by atoms with Gasteiger partial charge in [-0.05, 0) is 37.8 Å². The van der Waals surface area contributed by atoms with Crippen molar-refractivity contribution in [3.05, 3.63) is 74.8 Å². The highest BCUT2D eigenvalue weighted by Crippen LogP contribution is 2.24. The summed E-state index contributed by atoms with van der Waals surface area (Å²) in [6, 6.07) is 12.0. The first kappa shape index (κ1) is 19.7. The Kier molecular flexibility index (Phi) is 5.87. The summed E-state index contributed by atoms with van der Waals surface area (Å²) in [6.45, 7) is 5.10. The Morgan fingerprint density at radius 3 is 2.29 bits per heavy atom. The molecule has 6 heteroatoms. The maximum absolute atomic E-state index is 12.8. The van der Waals surface area contributed by atoms with E-state index >= 15 is 0 Å². The minimum Gasteiger partial charge on any atom is -0.342 e. The number of hydrogen-bond donors (Lipinski definition) is 0. The van der Waals surface area contributed by atoms with Gasteiger partial charge < -0.3 is 4.90 Å². The van der Waals surface area contributed by atoms with Crippen LogP contribution in [0.2, 0.25) is 0 Å². The van der Waals surface area contributed by atoms with Crippen LogP contribution in [0.1, 0.15) is 39.9 Å². The van der Waals surface area contributed by atoms with E-state index in [1.165, 1.54) is 12.1 Å². The molecule has 28 heavy (non-hydrogen) atoms. The van der Waals surface area contributed by atoms with Crippen molar-refractivity contribution in [2.75, 3.05) is 13.1 Å². The molecule has 1 aliphatic heterocycles. The van der Waals surface area contributed by atoms with Crippen LogP contribution in [0.25, 0.3) is 0 Å². The Hall–Kier alpha value is -3.02. The molecule has 0 radical (unpaired) electrons. The lowest BCUT2D eigenvalue weighted by Gasteiger charge is -2.31. The summed E-state index contributed by atoms with van der Waals surface area (Å²) in [6.07, 6.45) is 1.55. The van der Waals surface area contributed by atoms with Gasteiger partial charge in [0.15, 0.2) is 5.78 Å². The summed E-state index contributed by atoms with van der Waals surface area (Å²) in [5.74, 6) is 0.107. The molecule has 3 rings (SSSR count). The number of aryl methyl sites for hydroxylation is 2. The molecule has 1 fully saturated rings. The SMILES string of the molecule is Cc1ccc(C(=O)C2CCN(C(=O)Cc3ccc([N+](=O)[O-])cc3)CC2)c(C)c1. The Balaban J connectivity index is 1.56. The molecule has 0 unspecified atom stereocenters. The second-order valence-electron chi connectivity index (χ2n) is 7.44. The van der Waals surface area contributed by atoms with Crippen LogP contribution in [0.3, 0.4) is 0 Å². The number of nitro groups is 1. The van der Waals surface area contributed by atoms with Crippen molar-refractivity contribution in [3.8, 4) is 0 Å². The molecule has 0 bridgehead atoms. The van der Waals surface area contributed by atoms with Crippen molar-refractivity contribution in [3.63, 3.8) is 0 Å². The lowest BCUT2D eigenvalue weighted by molar-refractivity contribution is -0.384. The van der Waals surface area contributed by atoms with E-state index in [4.69, 9.17) is 0 Å². The molecular formula is C22H24N2O4. The number of amides is 1. The summed E-state index contributed by atoms with van der Waals surface area (Å²) in [5.41, 5.74) is 3.69. The highest BCUT2D eigenvalue weighted by molar-refractivity contribution is 5.99. The number of piperidine rings is 1. The van der Waals surface area contributed by atoms with Crippen LogP contribution < -0.4 is 0 Å². The largest absolute Gasteiger partial charge is 0.342 e. The summed E-state index contributed by atoms with van der Waals surface area (Å²) in [5, 5.41) is 10.7. The zero-order chi connectivity index (χ0) is 20.3. The fraction of sp³-hybridized carbons (Fsp3) is 0.364. The fourth-order valence-electron chi connectivity index (χ4n) is 3.72.